The molecule has 0 aliphatic rings. The molecule has 0 aliphatic carbocycles. The van der Waals surface area contributed by atoms with Crippen molar-refractivity contribution in [1.82, 2.24) is 15.0 Å². The van der Waals surface area contributed by atoms with Crippen LogP contribution in [0.4, 0.5) is 0 Å². The van der Waals surface area contributed by atoms with Gasteiger partial charge < -0.3 is 4.42 Å². The van der Waals surface area contributed by atoms with E-state index in [9.17, 15) is 0 Å². The Labute approximate surface area is 294 Å². The van der Waals surface area contributed by atoms with Crippen molar-refractivity contribution in [3.63, 3.8) is 0 Å². The number of hydrogen-bond donors (Lipinski definition) is 0. The van der Waals surface area contributed by atoms with Crippen molar-refractivity contribution < 1.29 is 4.42 Å². The number of benzene rings is 8. The Kier molecular flexibility index (Phi) is 6.78. The second-order valence-electron chi connectivity index (χ2n) is 12.8. The summed E-state index contributed by atoms with van der Waals surface area (Å²) in [6, 6.07) is 61.1. The number of aromatic nitrogens is 3. The molecule has 0 saturated heterocycles. The van der Waals surface area contributed by atoms with Gasteiger partial charge in [-0.25, -0.2) is 15.0 Å². The quantitative estimate of drug-likeness (QED) is 0.174. The third-order valence-corrected chi connectivity index (χ3v) is 9.73. The minimum atomic E-state index is 0.599. The molecule has 0 spiro atoms. The van der Waals surface area contributed by atoms with Gasteiger partial charge >= 0.3 is 0 Å². The molecule has 0 atom stereocenters. The van der Waals surface area contributed by atoms with Gasteiger partial charge in [-0.2, -0.15) is 0 Å². The Morgan fingerprint density at radius 2 is 0.902 bits per heavy atom. The highest BCUT2D eigenvalue weighted by atomic mass is 16.3. The van der Waals surface area contributed by atoms with Crippen LogP contribution in [-0.2, 0) is 0 Å². The van der Waals surface area contributed by atoms with Crippen molar-refractivity contribution in [1.29, 1.82) is 0 Å². The molecule has 4 heteroatoms. The maximum Gasteiger partial charge on any atom is 0.164 e. The largest absolute Gasteiger partial charge is 0.456 e. The summed E-state index contributed by atoms with van der Waals surface area (Å²) in [6.45, 7) is 0. The lowest BCUT2D eigenvalue weighted by Crippen LogP contribution is -2.00. The smallest absolute Gasteiger partial charge is 0.164 e. The average Bonchev–Trinajstić information content (AvgIpc) is 3.60. The zero-order valence-corrected chi connectivity index (χ0v) is 27.5. The van der Waals surface area contributed by atoms with E-state index in [1.165, 1.54) is 27.1 Å². The molecule has 0 saturated carbocycles. The summed E-state index contributed by atoms with van der Waals surface area (Å²) in [5.74, 6) is 1.82. The summed E-state index contributed by atoms with van der Waals surface area (Å²) in [7, 11) is 0. The van der Waals surface area contributed by atoms with Crippen molar-refractivity contribution in [2.45, 2.75) is 0 Å². The van der Waals surface area contributed by atoms with E-state index in [1.807, 2.05) is 36.4 Å². The van der Waals surface area contributed by atoms with Gasteiger partial charge in [-0.1, -0.05) is 152 Å². The Morgan fingerprint density at radius 1 is 0.314 bits per heavy atom. The third kappa shape index (κ3) is 5.04. The average molecular weight is 652 g/mol. The Bertz CT molecular complexity index is 2910. The first kappa shape index (κ1) is 29.0. The summed E-state index contributed by atoms with van der Waals surface area (Å²) >= 11 is 0. The van der Waals surface area contributed by atoms with Gasteiger partial charge in [0.05, 0.1) is 0 Å². The first-order valence-corrected chi connectivity index (χ1v) is 17.1. The molecular formula is C47H29N3O. The molecule has 2 aromatic heterocycles. The van der Waals surface area contributed by atoms with Gasteiger partial charge in [0, 0.05) is 27.5 Å². The van der Waals surface area contributed by atoms with Crippen molar-refractivity contribution >= 4 is 43.5 Å². The van der Waals surface area contributed by atoms with E-state index < -0.39 is 0 Å². The van der Waals surface area contributed by atoms with Gasteiger partial charge in [-0.3, -0.25) is 0 Å². The van der Waals surface area contributed by atoms with Crippen LogP contribution >= 0.6 is 0 Å². The number of hydrogen-bond acceptors (Lipinski definition) is 4. The topological polar surface area (TPSA) is 51.8 Å². The van der Waals surface area contributed by atoms with Gasteiger partial charge in [0.1, 0.15) is 11.2 Å². The zero-order chi connectivity index (χ0) is 33.7. The summed E-state index contributed by atoms with van der Waals surface area (Å²) in [6.07, 6.45) is 0. The maximum atomic E-state index is 6.25. The number of furan rings is 1. The second kappa shape index (κ2) is 11.9. The second-order valence-corrected chi connectivity index (χ2v) is 12.8. The summed E-state index contributed by atoms with van der Waals surface area (Å²) < 4.78 is 6.25. The number of rotatable bonds is 5. The standard InChI is InChI=1S/C47H29N3O/c1-2-12-30(13-3-1)33-15-10-16-35(28-33)46-48-45(49-47(50-46)40-21-11-23-43-44(40)39-20-8-9-22-42(39)51-43)32-26-24-31(25-27-32)41-29-34-14-4-5-17-36(34)37-18-6-7-19-38(37)41/h1-29H. The van der Waals surface area contributed by atoms with Gasteiger partial charge in [-0.15, -0.1) is 0 Å². The van der Waals surface area contributed by atoms with E-state index in [2.05, 4.69) is 140 Å². The lowest BCUT2D eigenvalue weighted by Gasteiger charge is -2.12. The van der Waals surface area contributed by atoms with Gasteiger partial charge in [0.2, 0.25) is 0 Å². The van der Waals surface area contributed by atoms with E-state index in [4.69, 9.17) is 19.4 Å². The van der Waals surface area contributed by atoms with E-state index in [0.717, 1.165) is 55.3 Å². The normalized spacial score (nSPS) is 11.5. The van der Waals surface area contributed by atoms with E-state index in [1.54, 1.807) is 0 Å². The fraction of sp³-hybridized carbons (Fsp3) is 0. The fourth-order valence-electron chi connectivity index (χ4n) is 7.28. The molecule has 238 valence electrons. The van der Waals surface area contributed by atoms with Crippen LogP contribution in [0.25, 0.3) is 99.9 Å². The minimum Gasteiger partial charge on any atom is -0.456 e. The molecule has 8 aromatic carbocycles. The highest BCUT2D eigenvalue weighted by Gasteiger charge is 2.18. The lowest BCUT2D eigenvalue weighted by atomic mass is 9.93. The van der Waals surface area contributed by atoms with Crippen LogP contribution in [0, 0.1) is 0 Å². The molecule has 0 unspecified atom stereocenters. The van der Waals surface area contributed by atoms with Crippen LogP contribution in [0.1, 0.15) is 0 Å². The molecule has 2 heterocycles. The molecule has 0 amide bonds. The molecule has 4 nitrogen and oxygen atoms in total. The molecule has 0 fully saturated rings. The Hall–Kier alpha value is -6.91. The molecule has 10 rings (SSSR count). The van der Waals surface area contributed by atoms with Gasteiger partial charge in [-0.05, 0) is 68.1 Å². The first-order valence-electron chi connectivity index (χ1n) is 17.1. The molecule has 0 radical (unpaired) electrons. The van der Waals surface area contributed by atoms with E-state index in [-0.39, 0.29) is 0 Å². The fourth-order valence-corrected chi connectivity index (χ4v) is 7.28. The number of fused-ring (bicyclic) bond motifs is 6. The van der Waals surface area contributed by atoms with Crippen molar-refractivity contribution in [3.05, 3.63) is 176 Å². The lowest BCUT2D eigenvalue weighted by molar-refractivity contribution is 0.669. The molecule has 0 aliphatic heterocycles. The monoisotopic (exact) mass is 651 g/mol. The van der Waals surface area contributed by atoms with Crippen molar-refractivity contribution in [2.24, 2.45) is 0 Å². The number of nitrogens with zero attached hydrogens (tertiary/aromatic N) is 3. The summed E-state index contributed by atoms with van der Waals surface area (Å²) in [4.78, 5) is 15.4. The maximum absolute atomic E-state index is 6.25. The van der Waals surface area contributed by atoms with E-state index >= 15 is 0 Å². The minimum absolute atomic E-state index is 0.599. The van der Waals surface area contributed by atoms with Gasteiger partial charge in [0.15, 0.2) is 17.5 Å². The zero-order valence-electron chi connectivity index (χ0n) is 27.5. The highest BCUT2D eigenvalue weighted by Crippen LogP contribution is 2.38. The van der Waals surface area contributed by atoms with Crippen molar-refractivity contribution in [2.75, 3.05) is 0 Å². The van der Waals surface area contributed by atoms with Gasteiger partial charge in [0.25, 0.3) is 0 Å². The van der Waals surface area contributed by atoms with Crippen LogP contribution in [0.15, 0.2) is 180 Å². The predicted molar refractivity (Wildman–Crippen MR) is 209 cm³/mol. The predicted octanol–water partition coefficient (Wildman–Crippen LogP) is 12.4. The van der Waals surface area contributed by atoms with Crippen LogP contribution in [0.5, 0.6) is 0 Å². The molecular weight excluding hydrogens is 623 g/mol. The summed E-state index contributed by atoms with van der Waals surface area (Å²) in [5.41, 5.74) is 8.95. The molecule has 10 aromatic rings. The van der Waals surface area contributed by atoms with E-state index in [0.29, 0.717) is 17.5 Å². The Morgan fingerprint density at radius 3 is 1.75 bits per heavy atom. The molecule has 0 N–H and O–H groups in total. The highest BCUT2D eigenvalue weighted by molar-refractivity contribution is 6.14. The van der Waals surface area contributed by atoms with Crippen LogP contribution in [-0.4, -0.2) is 15.0 Å². The molecule has 0 bridgehead atoms. The third-order valence-electron chi connectivity index (χ3n) is 9.73. The van der Waals surface area contributed by atoms with Crippen LogP contribution in [0.2, 0.25) is 0 Å². The molecule has 51 heavy (non-hydrogen) atoms. The Balaban J connectivity index is 1.15. The first-order chi connectivity index (χ1) is 25.3. The number of para-hydroxylation sites is 1. The van der Waals surface area contributed by atoms with Crippen LogP contribution < -0.4 is 0 Å². The van der Waals surface area contributed by atoms with Crippen molar-refractivity contribution in [3.8, 4) is 56.4 Å². The summed E-state index contributed by atoms with van der Waals surface area (Å²) in [5, 5.41) is 6.99. The SMILES string of the molecule is c1ccc(-c2cccc(-c3nc(-c4ccc(-c5cc6ccccc6c6ccccc56)cc4)nc(-c4cccc5oc6ccccc6c45)n3)c2)cc1. The van der Waals surface area contributed by atoms with Crippen LogP contribution in [0.3, 0.4) is 0 Å².